The van der Waals surface area contributed by atoms with Crippen molar-refractivity contribution in [2.75, 3.05) is 6.61 Å². The Balaban J connectivity index is 2.58. The van der Waals surface area contributed by atoms with Crippen LogP contribution < -0.4 is 10.6 Å². The lowest BCUT2D eigenvalue weighted by atomic mass is 9.92. The first-order valence-electron chi connectivity index (χ1n) is 6.87. The molecule has 0 radical (unpaired) electrons. The highest BCUT2D eigenvalue weighted by Gasteiger charge is 2.39. The van der Waals surface area contributed by atoms with Gasteiger partial charge in [0, 0.05) is 5.70 Å². The quantitative estimate of drug-likeness (QED) is 0.652. The van der Waals surface area contributed by atoms with Gasteiger partial charge in [-0.1, -0.05) is 18.2 Å². The van der Waals surface area contributed by atoms with Crippen LogP contribution in [0.3, 0.4) is 0 Å². The summed E-state index contributed by atoms with van der Waals surface area (Å²) in [4.78, 5) is 12.2. The number of rotatable bonds is 3. The van der Waals surface area contributed by atoms with Crippen molar-refractivity contribution in [3.8, 4) is 0 Å². The number of carbonyl (C=O) groups excluding carboxylic acids is 1. The van der Waals surface area contributed by atoms with Gasteiger partial charge < -0.3 is 15.4 Å². The van der Waals surface area contributed by atoms with Gasteiger partial charge in [-0.15, -0.1) is 0 Å². The van der Waals surface area contributed by atoms with Gasteiger partial charge >= 0.3 is 12.1 Å². The number of hydrogen-bond donors (Lipinski definition) is 2. The van der Waals surface area contributed by atoms with Gasteiger partial charge in [-0.3, -0.25) is 0 Å². The summed E-state index contributed by atoms with van der Waals surface area (Å²) < 4.78 is 44.8. The summed E-state index contributed by atoms with van der Waals surface area (Å²) in [6, 6.07) is 4.05. The molecule has 23 heavy (non-hydrogen) atoms. The average molecular weight is 344 g/mol. The van der Waals surface area contributed by atoms with Crippen LogP contribution in [-0.2, 0) is 15.7 Å². The molecule has 0 unspecified atom stereocenters. The van der Waals surface area contributed by atoms with E-state index in [1.807, 2.05) is 0 Å². The molecule has 2 N–H and O–H groups in total. The molecule has 1 heterocycles. The highest BCUT2D eigenvalue weighted by Crippen LogP contribution is 2.38. The molecule has 0 bridgehead atoms. The number of thiocarbonyl (C=S) groups is 1. The van der Waals surface area contributed by atoms with Gasteiger partial charge in [0.2, 0.25) is 0 Å². The SMILES string of the molecule is CCOC(=O)C1=C(C)NC(=S)N[C@@H]1c1ccccc1C(F)(F)F. The topological polar surface area (TPSA) is 50.4 Å². The number of hydrogen-bond acceptors (Lipinski definition) is 3. The number of ether oxygens (including phenoxy) is 1. The number of alkyl halides is 3. The fraction of sp³-hybridized carbons (Fsp3) is 0.333. The predicted molar refractivity (Wildman–Crippen MR) is 82.4 cm³/mol. The molecule has 0 saturated carbocycles. The van der Waals surface area contributed by atoms with Gasteiger partial charge in [0.25, 0.3) is 0 Å². The van der Waals surface area contributed by atoms with Gasteiger partial charge in [0.05, 0.1) is 23.8 Å². The number of nitrogens with one attached hydrogen (secondary N) is 2. The van der Waals surface area contributed by atoms with E-state index >= 15 is 0 Å². The van der Waals surface area contributed by atoms with Crippen molar-refractivity contribution in [2.24, 2.45) is 0 Å². The molecule has 0 aliphatic carbocycles. The van der Waals surface area contributed by atoms with Crippen LogP contribution in [0.1, 0.15) is 31.0 Å². The van der Waals surface area contributed by atoms with Crippen LogP contribution in [-0.4, -0.2) is 17.7 Å². The monoisotopic (exact) mass is 344 g/mol. The molecule has 2 rings (SSSR count). The molecule has 0 spiro atoms. The maximum Gasteiger partial charge on any atom is 0.416 e. The number of esters is 1. The standard InChI is InChI=1S/C15H15F3N2O2S/c1-3-22-13(21)11-8(2)19-14(23)20-12(11)9-6-4-5-7-10(9)15(16,17)18/h4-7,12H,3H2,1-2H3,(H2,19,20,23)/t12-/m1/s1. The van der Waals surface area contributed by atoms with E-state index in [0.29, 0.717) is 5.70 Å². The van der Waals surface area contributed by atoms with Crippen LogP contribution in [0, 0.1) is 0 Å². The summed E-state index contributed by atoms with van der Waals surface area (Å²) in [6.45, 7) is 3.32. The Labute approximate surface area is 136 Å². The van der Waals surface area contributed by atoms with E-state index in [2.05, 4.69) is 10.6 Å². The molecule has 0 fully saturated rings. The molecule has 1 aliphatic heterocycles. The first-order chi connectivity index (χ1) is 10.8. The van der Waals surface area contributed by atoms with Crippen molar-refractivity contribution >= 4 is 23.3 Å². The van der Waals surface area contributed by atoms with E-state index < -0.39 is 23.8 Å². The fourth-order valence-corrected chi connectivity index (χ4v) is 2.68. The Bertz CT molecular complexity index is 671. The van der Waals surface area contributed by atoms with Gasteiger partial charge in [-0.2, -0.15) is 13.2 Å². The van der Waals surface area contributed by atoms with Gasteiger partial charge in [0.15, 0.2) is 5.11 Å². The highest BCUT2D eigenvalue weighted by molar-refractivity contribution is 7.80. The fourth-order valence-electron chi connectivity index (χ4n) is 2.41. The second kappa shape index (κ2) is 6.57. The number of allylic oxidation sites excluding steroid dienone is 1. The van der Waals surface area contributed by atoms with Crippen LogP contribution in [0.4, 0.5) is 13.2 Å². The van der Waals surface area contributed by atoms with E-state index in [9.17, 15) is 18.0 Å². The zero-order valence-corrected chi connectivity index (χ0v) is 13.3. The van der Waals surface area contributed by atoms with Crippen LogP contribution in [0.15, 0.2) is 35.5 Å². The minimum atomic E-state index is -4.54. The number of benzene rings is 1. The zero-order valence-electron chi connectivity index (χ0n) is 12.5. The lowest BCUT2D eigenvalue weighted by molar-refractivity contribution is -0.141. The average Bonchev–Trinajstić information content (AvgIpc) is 2.45. The Morgan fingerprint density at radius 3 is 2.61 bits per heavy atom. The van der Waals surface area contributed by atoms with Crippen molar-refractivity contribution < 1.29 is 22.7 Å². The third kappa shape index (κ3) is 3.64. The second-order valence-electron chi connectivity index (χ2n) is 4.88. The highest BCUT2D eigenvalue weighted by atomic mass is 32.1. The molecule has 0 saturated heterocycles. The van der Waals surface area contributed by atoms with Crippen molar-refractivity contribution in [1.82, 2.24) is 10.6 Å². The maximum atomic E-state index is 13.3. The predicted octanol–water partition coefficient (Wildman–Crippen LogP) is 3.06. The van der Waals surface area contributed by atoms with Crippen molar-refractivity contribution in [3.05, 3.63) is 46.7 Å². The zero-order chi connectivity index (χ0) is 17.2. The Morgan fingerprint density at radius 1 is 1.35 bits per heavy atom. The van der Waals surface area contributed by atoms with Crippen LogP contribution in [0.2, 0.25) is 0 Å². The molecular formula is C15H15F3N2O2S. The van der Waals surface area contributed by atoms with Crippen LogP contribution in [0.5, 0.6) is 0 Å². The largest absolute Gasteiger partial charge is 0.463 e. The van der Waals surface area contributed by atoms with Gasteiger partial charge in [-0.05, 0) is 37.7 Å². The summed E-state index contributed by atoms with van der Waals surface area (Å²) in [5.74, 6) is -0.686. The summed E-state index contributed by atoms with van der Waals surface area (Å²) >= 11 is 5.01. The molecule has 124 valence electrons. The number of halogens is 3. The molecule has 0 aromatic heterocycles. The van der Waals surface area contributed by atoms with Crippen LogP contribution in [0.25, 0.3) is 0 Å². The Kier molecular flexibility index (Phi) is 4.93. The van der Waals surface area contributed by atoms with Crippen LogP contribution >= 0.6 is 12.2 Å². The van der Waals surface area contributed by atoms with Gasteiger partial charge in [0.1, 0.15) is 0 Å². The molecule has 8 heteroatoms. The smallest absolute Gasteiger partial charge is 0.416 e. The normalized spacial score (nSPS) is 18.3. The van der Waals surface area contributed by atoms with Crippen molar-refractivity contribution in [3.63, 3.8) is 0 Å². The lowest BCUT2D eigenvalue weighted by Gasteiger charge is -2.31. The molecule has 1 aliphatic rings. The van der Waals surface area contributed by atoms with Crippen molar-refractivity contribution in [1.29, 1.82) is 0 Å². The molecule has 1 aromatic carbocycles. The Hall–Kier alpha value is -2.09. The molecule has 4 nitrogen and oxygen atoms in total. The summed E-state index contributed by atoms with van der Waals surface area (Å²) in [5, 5.41) is 5.62. The maximum absolute atomic E-state index is 13.3. The Morgan fingerprint density at radius 2 is 2.00 bits per heavy atom. The summed E-state index contributed by atoms with van der Waals surface area (Å²) in [5.41, 5.74) is -0.450. The van der Waals surface area contributed by atoms with Gasteiger partial charge in [-0.25, -0.2) is 4.79 Å². The van der Waals surface area contributed by atoms with E-state index in [1.54, 1.807) is 13.8 Å². The first kappa shape index (κ1) is 17.3. The third-order valence-electron chi connectivity index (χ3n) is 3.34. The molecule has 1 atom stereocenters. The van der Waals surface area contributed by atoms with E-state index in [1.165, 1.54) is 18.2 Å². The molecular weight excluding hydrogens is 329 g/mol. The molecule has 1 aromatic rings. The third-order valence-corrected chi connectivity index (χ3v) is 3.56. The minimum Gasteiger partial charge on any atom is -0.463 e. The van der Waals surface area contributed by atoms with Crippen molar-refractivity contribution in [2.45, 2.75) is 26.1 Å². The first-order valence-corrected chi connectivity index (χ1v) is 7.28. The van der Waals surface area contributed by atoms with E-state index in [0.717, 1.165) is 6.07 Å². The van der Waals surface area contributed by atoms with E-state index in [4.69, 9.17) is 17.0 Å². The molecule has 0 amide bonds. The summed E-state index contributed by atoms with van der Waals surface area (Å²) in [7, 11) is 0. The number of carbonyl (C=O) groups is 1. The second-order valence-corrected chi connectivity index (χ2v) is 5.28. The summed E-state index contributed by atoms with van der Waals surface area (Å²) in [6.07, 6.45) is -4.54. The lowest BCUT2D eigenvalue weighted by Crippen LogP contribution is -2.45. The minimum absolute atomic E-state index is 0.0775. The van der Waals surface area contributed by atoms with E-state index in [-0.39, 0.29) is 22.9 Å².